The molecule has 0 atom stereocenters. The van der Waals surface area contributed by atoms with E-state index < -0.39 is 10.9 Å². The normalized spacial score (nSPS) is 10.2. The number of rotatable bonds is 8. The Morgan fingerprint density at radius 3 is 2.04 bits per heavy atom. The van der Waals surface area contributed by atoms with Gasteiger partial charge in [0.2, 0.25) is 0 Å². The topological polar surface area (TPSA) is 110 Å². The molecule has 0 radical (unpaired) electrons. The third kappa shape index (κ3) is 5.72. The number of hydrogen-bond acceptors (Lipinski definition) is 4. The van der Waals surface area contributed by atoms with Crippen LogP contribution in [-0.2, 0) is 17.6 Å². The highest BCUT2D eigenvalue weighted by molar-refractivity contribution is 5.94. The first-order valence-corrected chi connectivity index (χ1v) is 7.78. The summed E-state index contributed by atoms with van der Waals surface area (Å²) >= 11 is 0. The van der Waals surface area contributed by atoms with Crippen molar-refractivity contribution < 1.29 is 19.6 Å². The third-order valence-corrected chi connectivity index (χ3v) is 3.69. The number of hydrogen-bond donors (Lipinski definition) is 2. The Labute approximate surface area is 144 Å². The fraction of sp³-hybridized carbons (Fsp3) is 0.222. The fourth-order valence-electron chi connectivity index (χ4n) is 2.28. The van der Waals surface area contributed by atoms with Crippen molar-refractivity contribution in [1.29, 1.82) is 0 Å². The maximum absolute atomic E-state index is 12.0. The zero-order valence-corrected chi connectivity index (χ0v) is 13.5. The summed E-state index contributed by atoms with van der Waals surface area (Å²) in [5, 5.41) is 22.0. The first kappa shape index (κ1) is 18.1. The predicted molar refractivity (Wildman–Crippen MR) is 91.5 cm³/mol. The number of carbonyl (C=O) groups is 2. The number of non-ortho nitro benzene ring substituents is 1. The molecule has 2 N–H and O–H groups in total. The standard InChI is InChI=1S/C18H18N2O5/c21-17(22)10-5-13-1-3-14(4-2-13)11-12-19-18(23)15-6-8-16(9-7-15)20(24)25/h1-4,6-9H,5,10-12H2,(H,19,23)(H,21,22). The molecule has 2 aromatic rings. The van der Waals surface area contributed by atoms with Crippen molar-refractivity contribution in [2.45, 2.75) is 19.3 Å². The SMILES string of the molecule is O=C(O)CCc1ccc(CCNC(=O)c2ccc([N+](=O)[O-])cc2)cc1. The minimum absolute atomic E-state index is 0.0560. The monoisotopic (exact) mass is 342 g/mol. The number of nitrogens with one attached hydrogen (secondary N) is 1. The van der Waals surface area contributed by atoms with Gasteiger partial charge in [0.05, 0.1) is 4.92 Å². The average molecular weight is 342 g/mol. The van der Waals surface area contributed by atoms with Gasteiger partial charge < -0.3 is 10.4 Å². The second kappa shape index (κ2) is 8.58. The summed E-state index contributed by atoms with van der Waals surface area (Å²) in [6.45, 7) is 0.435. The minimum atomic E-state index is -0.821. The van der Waals surface area contributed by atoms with Crippen LogP contribution >= 0.6 is 0 Å². The van der Waals surface area contributed by atoms with Gasteiger partial charge in [-0.3, -0.25) is 19.7 Å². The average Bonchev–Trinajstić information content (AvgIpc) is 2.61. The highest BCUT2D eigenvalue weighted by atomic mass is 16.6. The first-order valence-electron chi connectivity index (χ1n) is 7.78. The van der Waals surface area contributed by atoms with Crippen LogP contribution in [0.4, 0.5) is 5.69 Å². The van der Waals surface area contributed by atoms with Crippen LogP contribution in [0.5, 0.6) is 0 Å². The number of aliphatic carboxylic acids is 1. The van der Waals surface area contributed by atoms with Gasteiger partial charge in [0.1, 0.15) is 0 Å². The van der Waals surface area contributed by atoms with Crippen molar-refractivity contribution in [1.82, 2.24) is 5.32 Å². The van der Waals surface area contributed by atoms with Crippen LogP contribution in [0.25, 0.3) is 0 Å². The van der Waals surface area contributed by atoms with Gasteiger partial charge in [-0.25, -0.2) is 0 Å². The number of carboxylic acid groups (broad SMARTS) is 1. The van der Waals surface area contributed by atoms with E-state index in [0.717, 1.165) is 11.1 Å². The maximum atomic E-state index is 12.0. The molecule has 0 aliphatic rings. The van der Waals surface area contributed by atoms with Crippen molar-refractivity contribution in [3.8, 4) is 0 Å². The lowest BCUT2D eigenvalue weighted by Crippen LogP contribution is -2.25. The Morgan fingerprint density at radius 1 is 0.960 bits per heavy atom. The quantitative estimate of drug-likeness (QED) is 0.566. The number of aryl methyl sites for hydroxylation is 1. The van der Waals surface area contributed by atoms with Crippen LogP contribution in [-0.4, -0.2) is 28.5 Å². The van der Waals surface area contributed by atoms with Crippen LogP contribution in [0.15, 0.2) is 48.5 Å². The van der Waals surface area contributed by atoms with E-state index in [4.69, 9.17) is 5.11 Å². The Hall–Kier alpha value is -3.22. The van der Waals surface area contributed by atoms with E-state index in [9.17, 15) is 19.7 Å². The molecule has 0 aromatic heterocycles. The molecule has 0 spiro atoms. The van der Waals surface area contributed by atoms with E-state index >= 15 is 0 Å². The third-order valence-electron chi connectivity index (χ3n) is 3.69. The fourth-order valence-corrected chi connectivity index (χ4v) is 2.28. The van der Waals surface area contributed by atoms with Crippen molar-refractivity contribution in [2.75, 3.05) is 6.54 Å². The summed E-state index contributed by atoms with van der Waals surface area (Å²) in [7, 11) is 0. The van der Waals surface area contributed by atoms with Gasteiger partial charge in [-0.2, -0.15) is 0 Å². The number of benzene rings is 2. The number of nitro groups is 1. The molecule has 0 aliphatic carbocycles. The van der Waals surface area contributed by atoms with E-state index in [1.165, 1.54) is 24.3 Å². The molecule has 0 heterocycles. The van der Waals surface area contributed by atoms with Crippen molar-refractivity contribution in [3.05, 3.63) is 75.3 Å². The van der Waals surface area contributed by atoms with Gasteiger partial charge in [-0.15, -0.1) is 0 Å². The molecule has 0 saturated heterocycles. The van der Waals surface area contributed by atoms with Crippen LogP contribution in [0.3, 0.4) is 0 Å². The molecule has 0 bridgehead atoms. The number of nitrogens with zero attached hydrogens (tertiary/aromatic N) is 1. The van der Waals surface area contributed by atoms with Gasteiger partial charge in [0.25, 0.3) is 11.6 Å². The summed E-state index contributed by atoms with van der Waals surface area (Å²) in [5.74, 6) is -1.11. The van der Waals surface area contributed by atoms with Crippen LogP contribution < -0.4 is 5.32 Å². The van der Waals surface area contributed by atoms with Gasteiger partial charge in [-0.1, -0.05) is 24.3 Å². The number of amides is 1. The smallest absolute Gasteiger partial charge is 0.303 e. The highest BCUT2D eigenvalue weighted by Crippen LogP contribution is 2.12. The second-order valence-electron chi connectivity index (χ2n) is 5.52. The molecule has 7 nitrogen and oxygen atoms in total. The molecule has 25 heavy (non-hydrogen) atoms. The Morgan fingerprint density at radius 2 is 1.52 bits per heavy atom. The number of carbonyl (C=O) groups excluding carboxylic acids is 1. The Balaban J connectivity index is 1.80. The molecule has 2 aromatic carbocycles. The Bertz CT molecular complexity index is 754. The van der Waals surface area contributed by atoms with E-state index in [2.05, 4.69) is 5.32 Å². The molecule has 0 aliphatic heterocycles. The lowest BCUT2D eigenvalue weighted by atomic mass is 10.1. The van der Waals surface area contributed by atoms with Crippen molar-refractivity contribution in [3.63, 3.8) is 0 Å². The summed E-state index contributed by atoms with van der Waals surface area (Å²) in [4.78, 5) is 32.6. The van der Waals surface area contributed by atoms with Gasteiger partial charge in [0.15, 0.2) is 0 Å². The van der Waals surface area contributed by atoms with E-state index in [1.54, 1.807) is 0 Å². The molecule has 2 rings (SSSR count). The molecule has 1 amide bonds. The molecule has 0 unspecified atom stereocenters. The molecule has 0 saturated carbocycles. The minimum Gasteiger partial charge on any atom is -0.481 e. The molecular formula is C18H18N2O5. The first-order chi connectivity index (χ1) is 12.0. The number of nitro benzene ring substituents is 1. The predicted octanol–water partition coefficient (Wildman–Crippen LogP) is 2.58. The lowest BCUT2D eigenvalue weighted by molar-refractivity contribution is -0.384. The maximum Gasteiger partial charge on any atom is 0.303 e. The van der Waals surface area contributed by atoms with Gasteiger partial charge in [0, 0.05) is 30.7 Å². The van der Waals surface area contributed by atoms with Crippen LogP contribution in [0.2, 0.25) is 0 Å². The zero-order valence-electron chi connectivity index (χ0n) is 13.5. The molecular weight excluding hydrogens is 324 g/mol. The van der Waals surface area contributed by atoms with E-state index in [-0.39, 0.29) is 18.0 Å². The summed E-state index contributed by atoms with van der Waals surface area (Å²) in [5.41, 5.74) is 2.30. The highest BCUT2D eigenvalue weighted by Gasteiger charge is 2.09. The second-order valence-corrected chi connectivity index (χ2v) is 5.52. The van der Waals surface area contributed by atoms with Gasteiger partial charge in [-0.05, 0) is 36.1 Å². The van der Waals surface area contributed by atoms with E-state index in [1.807, 2.05) is 24.3 Å². The largest absolute Gasteiger partial charge is 0.481 e. The number of carboxylic acids is 1. The molecule has 7 heteroatoms. The lowest BCUT2D eigenvalue weighted by Gasteiger charge is -2.06. The molecule has 130 valence electrons. The summed E-state index contributed by atoms with van der Waals surface area (Å²) in [6, 6.07) is 13.0. The molecule has 0 fully saturated rings. The zero-order chi connectivity index (χ0) is 18.2. The van der Waals surface area contributed by atoms with Crippen molar-refractivity contribution >= 4 is 17.6 Å². The summed E-state index contributed by atoms with van der Waals surface area (Å²) in [6.07, 6.45) is 1.23. The van der Waals surface area contributed by atoms with Crippen molar-refractivity contribution in [2.24, 2.45) is 0 Å². The van der Waals surface area contributed by atoms with Gasteiger partial charge >= 0.3 is 5.97 Å². The van der Waals surface area contributed by atoms with Crippen LogP contribution in [0, 0.1) is 10.1 Å². The Kier molecular flexibility index (Phi) is 6.22. The van der Waals surface area contributed by atoms with E-state index in [0.29, 0.717) is 24.9 Å². The summed E-state index contributed by atoms with van der Waals surface area (Å²) < 4.78 is 0. The van der Waals surface area contributed by atoms with Crippen LogP contribution in [0.1, 0.15) is 27.9 Å².